The van der Waals surface area contributed by atoms with Crippen LogP contribution < -0.4 is 0 Å². The van der Waals surface area contributed by atoms with E-state index in [0.29, 0.717) is 10.6 Å². The number of likely N-dealkylation sites (tertiary alicyclic amines) is 1. The van der Waals surface area contributed by atoms with Crippen LogP contribution in [0.1, 0.15) is 40.6 Å². The minimum Gasteiger partial charge on any atom is -0.363 e. The van der Waals surface area contributed by atoms with Gasteiger partial charge < -0.3 is 9.88 Å². The highest BCUT2D eigenvalue weighted by Gasteiger charge is 2.32. The van der Waals surface area contributed by atoms with Gasteiger partial charge in [-0.25, -0.2) is 0 Å². The third-order valence-electron chi connectivity index (χ3n) is 3.72. The summed E-state index contributed by atoms with van der Waals surface area (Å²) in [5.41, 5.74) is 2.37. The van der Waals surface area contributed by atoms with Crippen LogP contribution in [0.4, 0.5) is 0 Å². The lowest BCUT2D eigenvalue weighted by Crippen LogP contribution is -2.31. The summed E-state index contributed by atoms with van der Waals surface area (Å²) in [6, 6.07) is 5.81. The molecule has 4 nitrogen and oxygen atoms in total. The number of H-pyrrole nitrogens is 1. The van der Waals surface area contributed by atoms with Crippen molar-refractivity contribution in [3.63, 3.8) is 0 Å². The van der Waals surface area contributed by atoms with Crippen molar-refractivity contribution in [1.29, 1.82) is 0 Å². The molecule has 20 heavy (non-hydrogen) atoms. The lowest BCUT2D eigenvalue weighted by molar-refractivity contribution is 0.0733. The highest BCUT2D eigenvalue weighted by molar-refractivity contribution is 6.33. The van der Waals surface area contributed by atoms with E-state index >= 15 is 0 Å². The van der Waals surface area contributed by atoms with Crippen LogP contribution in [0.15, 0.2) is 30.6 Å². The van der Waals surface area contributed by atoms with Crippen molar-refractivity contribution in [3.8, 4) is 0 Å². The number of nitrogens with one attached hydrogen (secondary N) is 1. The number of nitrogens with zero attached hydrogens (tertiary/aromatic N) is 2. The van der Waals surface area contributed by atoms with E-state index in [1.807, 2.05) is 30.2 Å². The predicted octanol–water partition coefficient (Wildman–Crippen LogP) is 3.35. The molecule has 104 valence electrons. The van der Waals surface area contributed by atoms with Crippen molar-refractivity contribution in [3.05, 3.63) is 52.6 Å². The molecule has 2 aromatic rings. The molecular weight excluding hydrogens is 274 g/mol. The summed E-state index contributed by atoms with van der Waals surface area (Å²) in [6.07, 6.45) is 5.44. The lowest BCUT2D eigenvalue weighted by Gasteiger charge is -2.24. The highest BCUT2D eigenvalue weighted by Crippen LogP contribution is 2.33. The fraction of sp³-hybridized carbons (Fsp3) is 0.333. The highest BCUT2D eigenvalue weighted by atomic mass is 35.5. The average Bonchev–Trinajstić information content (AvgIpc) is 3.09. The van der Waals surface area contributed by atoms with Crippen LogP contribution >= 0.6 is 11.6 Å². The quantitative estimate of drug-likeness (QED) is 0.922. The normalized spacial score (nSPS) is 18.5. The van der Waals surface area contributed by atoms with Gasteiger partial charge in [0.2, 0.25) is 0 Å². The van der Waals surface area contributed by atoms with Gasteiger partial charge in [0.05, 0.1) is 16.6 Å². The van der Waals surface area contributed by atoms with Crippen LogP contribution in [0.3, 0.4) is 0 Å². The Labute approximate surface area is 122 Å². The van der Waals surface area contributed by atoms with Crippen molar-refractivity contribution in [2.24, 2.45) is 0 Å². The second kappa shape index (κ2) is 5.29. The Balaban J connectivity index is 1.89. The number of halogens is 1. The van der Waals surface area contributed by atoms with Gasteiger partial charge in [0.15, 0.2) is 0 Å². The molecule has 0 aliphatic carbocycles. The minimum absolute atomic E-state index is 0.0420. The van der Waals surface area contributed by atoms with E-state index in [1.54, 1.807) is 12.3 Å². The van der Waals surface area contributed by atoms with Crippen molar-refractivity contribution in [2.75, 3.05) is 6.54 Å². The molecule has 2 aromatic heterocycles. The average molecular weight is 290 g/mol. The number of aromatic nitrogens is 2. The summed E-state index contributed by atoms with van der Waals surface area (Å²) in [7, 11) is 0. The first-order valence-electron chi connectivity index (χ1n) is 6.73. The molecule has 0 aromatic carbocycles. The number of aryl methyl sites for hydroxylation is 1. The van der Waals surface area contributed by atoms with Crippen LogP contribution in [-0.2, 0) is 0 Å². The SMILES string of the molecule is Cc1cc(Cl)c(C(=O)N2CCCC2c2ccc[nH]2)cn1. The number of carbonyl (C=O) groups excluding carboxylic acids is 1. The second-order valence-electron chi connectivity index (χ2n) is 5.09. The van der Waals surface area contributed by atoms with Crippen molar-refractivity contribution < 1.29 is 4.79 Å². The molecule has 1 saturated heterocycles. The molecule has 1 aliphatic rings. The third-order valence-corrected chi connectivity index (χ3v) is 4.03. The van der Waals surface area contributed by atoms with Crippen LogP contribution in [-0.4, -0.2) is 27.3 Å². The molecule has 1 unspecified atom stereocenters. The zero-order chi connectivity index (χ0) is 14.1. The molecule has 5 heteroatoms. The Kier molecular flexibility index (Phi) is 3.49. The monoisotopic (exact) mass is 289 g/mol. The summed E-state index contributed by atoms with van der Waals surface area (Å²) >= 11 is 6.18. The molecule has 3 heterocycles. The number of pyridine rings is 1. The van der Waals surface area contributed by atoms with Gasteiger partial charge in [0, 0.05) is 30.3 Å². The van der Waals surface area contributed by atoms with Gasteiger partial charge in [-0.3, -0.25) is 9.78 Å². The summed E-state index contributed by atoms with van der Waals surface area (Å²) < 4.78 is 0. The van der Waals surface area contributed by atoms with Gasteiger partial charge >= 0.3 is 0 Å². The topological polar surface area (TPSA) is 49.0 Å². The van der Waals surface area contributed by atoms with E-state index in [0.717, 1.165) is 30.8 Å². The maximum Gasteiger partial charge on any atom is 0.257 e. The standard InChI is InChI=1S/C15H16ClN3O/c1-10-8-12(16)11(9-18-10)15(20)19-7-3-5-14(19)13-4-2-6-17-13/h2,4,6,8-9,14,17H,3,5,7H2,1H3. The number of hydrogen-bond donors (Lipinski definition) is 1. The van der Waals surface area contributed by atoms with Crippen LogP contribution in [0.2, 0.25) is 5.02 Å². The zero-order valence-corrected chi connectivity index (χ0v) is 12.0. The number of amides is 1. The van der Waals surface area contributed by atoms with E-state index in [2.05, 4.69) is 9.97 Å². The molecule has 1 N–H and O–H groups in total. The fourth-order valence-corrected chi connectivity index (χ4v) is 3.01. The lowest BCUT2D eigenvalue weighted by atomic mass is 10.1. The van der Waals surface area contributed by atoms with Gasteiger partial charge in [-0.2, -0.15) is 0 Å². The maximum atomic E-state index is 12.7. The van der Waals surface area contributed by atoms with Crippen molar-refractivity contribution in [1.82, 2.24) is 14.9 Å². The van der Waals surface area contributed by atoms with E-state index in [4.69, 9.17) is 11.6 Å². The van der Waals surface area contributed by atoms with Crippen molar-refractivity contribution >= 4 is 17.5 Å². The molecule has 0 radical (unpaired) electrons. The number of rotatable bonds is 2. The zero-order valence-electron chi connectivity index (χ0n) is 11.3. The minimum atomic E-state index is -0.0420. The maximum absolute atomic E-state index is 12.7. The molecule has 0 spiro atoms. The molecule has 1 atom stereocenters. The molecule has 1 aliphatic heterocycles. The second-order valence-corrected chi connectivity index (χ2v) is 5.49. The Morgan fingerprint density at radius 2 is 2.40 bits per heavy atom. The van der Waals surface area contributed by atoms with E-state index < -0.39 is 0 Å². The molecule has 1 amide bonds. The first-order chi connectivity index (χ1) is 9.66. The summed E-state index contributed by atoms with van der Waals surface area (Å²) in [5, 5.41) is 0.472. The fourth-order valence-electron chi connectivity index (χ4n) is 2.72. The first-order valence-corrected chi connectivity index (χ1v) is 7.11. The van der Waals surface area contributed by atoms with Crippen LogP contribution in [0, 0.1) is 6.92 Å². The number of carbonyl (C=O) groups is 1. The molecular formula is C15H16ClN3O. The molecule has 0 saturated carbocycles. The molecule has 0 bridgehead atoms. The van der Waals surface area contributed by atoms with Gasteiger partial charge in [-0.1, -0.05) is 11.6 Å². The van der Waals surface area contributed by atoms with Crippen molar-refractivity contribution in [2.45, 2.75) is 25.8 Å². The third kappa shape index (κ3) is 2.31. The Hall–Kier alpha value is -1.81. The Bertz CT molecular complexity index is 624. The summed E-state index contributed by atoms with van der Waals surface area (Å²) in [6.45, 7) is 2.62. The first kappa shape index (κ1) is 13.2. The largest absolute Gasteiger partial charge is 0.363 e. The van der Waals surface area contributed by atoms with E-state index in [9.17, 15) is 4.79 Å². The Morgan fingerprint density at radius 3 is 3.10 bits per heavy atom. The van der Waals surface area contributed by atoms with Crippen LogP contribution in [0.5, 0.6) is 0 Å². The Morgan fingerprint density at radius 1 is 1.55 bits per heavy atom. The van der Waals surface area contributed by atoms with Gasteiger partial charge in [0.25, 0.3) is 5.91 Å². The number of aromatic amines is 1. The van der Waals surface area contributed by atoms with Gasteiger partial charge in [0.1, 0.15) is 0 Å². The van der Waals surface area contributed by atoms with Gasteiger partial charge in [-0.15, -0.1) is 0 Å². The molecule has 1 fully saturated rings. The number of hydrogen-bond acceptors (Lipinski definition) is 2. The van der Waals surface area contributed by atoms with E-state index in [1.165, 1.54) is 0 Å². The molecule has 3 rings (SSSR count). The van der Waals surface area contributed by atoms with Crippen LogP contribution in [0.25, 0.3) is 0 Å². The summed E-state index contributed by atoms with van der Waals surface area (Å²) in [4.78, 5) is 21.9. The summed E-state index contributed by atoms with van der Waals surface area (Å²) in [5.74, 6) is -0.0420. The van der Waals surface area contributed by atoms with E-state index in [-0.39, 0.29) is 11.9 Å². The smallest absolute Gasteiger partial charge is 0.257 e. The predicted molar refractivity (Wildman–Crippen MR) is 77.8 cm³/mol. The van der Waals surface area contributed by atoms with Gasteiger partial charge in [-0.05, 0) is 38.0 Å².